The molecule has 39 heavy (non-hydrogen) atoms. The van der Waals surface area contributed by atoms with Gasteiger partial charge in [-0.25, -0.2) is 9.48 Å². The van der Waals surface area contributed by atoms with Crippen LogP contribution in [0.1, 0.15) is 70.2 Å². The first kappa shape index (κ1) is 27.0. The molecule has 0 atom stereocenters. The Morgan fingerprint density at radius 3 is 2.31 bits per heavy atom. The van der Waals surface area contributed by atoms with Crippen LogP contribution in [0.2, 0.25) is 0 Å². The molecule has 0 unspecified atom stereocenters. The van der Waals surface area contributed by atoms with Gasteiger partial charge in [0.05, 0.1) is 11.4 Å². The second-order valence-corrected chi connectivity index (χ2v) is 12.6. The van der Waals surface area contributed by atoms with E-state index in [1.165, 1.54) is 5.56 Å². The Morgan fingerprint density at radius 1 is 1.00 bits per heavy atom. The van der Waals surface area contributed by atoms with Gasteiger partial charge < -0.3 is 10.2 Å². The van der Waals surface area contributed by atoms with E-state index < -0.39 is 0 Å². The van der Waals surface area contributed by atoms with Crippen molar-refractivity contribution in [3.8, 4) is 5.69 Å². The first-order valence-corrected chi connectivity index (χ1v) is 14.1. The molecule has 2 aliphatic rings. The number of amides is 3. The second kappa shape index (κ2) is 10.5. The Hall–Kier alpha value is -3.61. The van der Waals surface area contributed by atoms with E-state index >= 15 is 0 Å². The molecule has 0 radical (unpaired) electrons. The van der Waals surface area contributed by atoms with Gasteiger partial charge in [0.2, 0.25) is 5.91 Å². The van der Waals surface area contributed by atoms with Gasteiger partial charge in [-0.2, -0.15) is 5.10 Å². The highest BCUT2D eigenvalue weighted by atomic mass is 16.2. The van der Waals surface area contributed by atoms with Gasteiger partial charge in [-0.05, 0) is 68.7 Å². The van der Waals surface area contributed by atoms with E-state index in [4.69, 9.17) is 5.10 Å². The van der Waals surface area contributed by atoms with E-state index in [2.05, 4.69) is 56.2 Å². The molecular weight excluding hydrogens is 486 g/mol. The van der Waals surface area contributed by atoms with Crippen LogP contribution in [0.5, 0.6) is 0 Å². The molecule has 1 saturated heterocycles. The number of nitrogens with zero attached hydrogens (tertiary/aromatic N) is 3. The highest BCUT2D eigenvalue weighted by Crippen LogP contribution is 2.47. The average Bonchev–Trinajstić information content (AvgIpc) is 3.51. The van der Waals surface area contributed by atoms with Gasteiger partial charge >= 0.3 is 6.03 Å². The molecule has 2 heterocycles. The van der Waals surface area contributed by atoms with Crippen molar-refractivity contribution in [2.45, 2.75) is 72.1 Å². The molecule has 2 N–H and O–H groups in total. The van der Waals surface area contributed by atoms with Gasteiger partial charge in [-0.3, -0.25) is 10.1 Å². The Balaban J connectivity index is 1.26. The number of benzene rings is 2. The minimum Gasteiger partial charge on any atom is -0.342 e. The normalized spacial score (nSPS) is 17.1. The Bertz CT molecular complexity index is 1340. The number of aryl methyl sites for hydroxylation is 1. The van der Waals surface area contributed by atoms with E-state index in [1.807, 2.05) is 48.5 Å². The Labute approximate surface area is 232 Å². The van der Waals surface area contributed by atoms with Crippen molar-refractivity contribution in [3.63, 3.8) is 0 Å². The zero-order valence-corrected chi connectivity index (χ0v) is 23.9. The largest absolute Gasteiger partial charge is 0.342 e. The van der Waals surface area contributed by atoms with Crippen LogP contribution in [0, 0.1) is 18.3 Å². The van der Waals surface area contributed by atoms with Crippen molar-refractivity contribution in [1.82, 2.24) is 14.7 Å². The average molecular weight is 528 g/mol. The molecule has 0 bridgehead atoms. The van der Waals surface area contributed by atoms with Crippen LogP contribution in [-0.2, 0) is 16.6 Å². The number of para-hydroxylation sites is 1. The van der Waals surface area contributed by atoms with E-state index in [-0.39, 0.29) is 16.9 Å². The third kappa shape index (κ3) is 6.18. The van der Waals surface area contributed by atoms with Gasteiger partial charge in [0.25, 0.3) is 0 Å². The number of carbonyl (C=O) groups is 2. The number of anilines is 2. The van der Waals surface area contributed by atoms with E-state index in [1.54, 1.807) is 4.68 Å². The summed E-state index contributed by atoms with van der Waals surface area (Å²) in [5.74, 6) is 1.45. The molecule has 0 spiro atoms. The molecule has 3 aromatic rings. The Morgan fingerprint density at radius 2 is 1.67 bits per heavy atom. The third-order valence-electron chi connectivity index (χ3n) is 8.19. The van der Waals surface area contributed by atoms with Crippen molar-refractivity contribution >= 4 is 23.4 Å². The van der Waals surface area contributed by atoms with Gasteiger partial charge in [0.15, 0.2) is 0 Å². The fourth-order valence-corrected chi connectivity index (χ4v) is 5.24. The standard InChI is InChI=1S/C32H41N5O2/c1-22-10-12-25(13-11-22)37-28(21-27(35-37)31(2,3)4)34-30(39)33-26-9-7-6-8-24(26)20-23-14-18-36(19-15-23)29(38)32(5)16-17-32/h6-13,21,23H,14-20H2,1-5H3,(H2,33,34,39). The number of hydrogen-bond acceptors (Lipinski definition) is 3. The van der Waals surface area contributed by atoms with Gasteiger partial charge in [-0.15, -0.1) is 0 Å². The molecule has 1 aliphatic heterocycles. The van der Waals surface area contributed by atoms with Crippen molar-refractivity contribution in [2.75, 3.05) is 23.7 Å². The monoisotopic (exact) mass is 527 g/mol. The maximum Gasteiger partial charge on any atom is 0.324 e. The molecule has 2 fully saturated rings. The molecule has 206 valence electrons. The quantitative estimate of drug-likeness (QED) is 0.374. The van der Waals surface area contributed by atoms with Crippen molar-refractivity contribution < 1.29 is 9.59 Å². The maximum absolute atomic E-state index is 13.2. The van der Waals surface area contributed by atoms with Crippen LogP contribution in [-0.4, -0.2) is 39.7 Å². The lowest BCUT2D eigenvalue weighted by Crippen LogP contribution is -2.42. The number of aromatic nitrogens is 2. The molecule has 7 nitrogen and oxygen atoms in total. The highest BCUT2D eigenvalue weighted by Gasteiger charge is 2.47. The summed E-state index contributed by atoms with van der Waals surface area (Å²) in [7, 11) is 0. The predicted octanol–water partition coefficient (Wildman–Crippen LogP) is 6.70. The SMILES string of the molecule is Cc1ccc(-n2nc(C(C)(C)C)cc2NC(=O)Nc2ccccc2CC2CCN(C(=O)C3(C)CC3)CC2)cc1. The van der Waals surface area contributed by atoms with Crippen LogP contribution < -0.4 is 10.6 Å². The van der Waals surface area contributed by atoms with Gasteiger partial charge in [0.1, 0.15) is 5.82 Å². The van der Waals surface area contributed by atoms with E-state index in [0.717, 1.165) is 67.8 Å². The predicted molar refractivity (Wildman–Crippen MR) is 156 cm³/mol. The number of urea groups is 1. The number of piperidine rings is 1. The lowest BCUT2D eigenvalue weighted by molar-refractivity contribution is -0.137. The lowest BCUT2D eigenvalue weighted by atomic mass is 9.89. The molecule has 7 heteroatoms. The number of nitrogens with one attached hydrogen (secondary N) is 2. The fourth-order valence-electron chi connectivity index (χ4n) is 5.24. The van der Waals surface area contributed by atoms with Crippen molar-refractivity contribution in [1.29, 1.82) is 0 Å². The molecule has 1 aromatic heterocycles. The summed E-state index contributed by atoms with van der Waals surface area (Å²) >= 11 is 0. The fraction of sp³-hybridized carbons (Fsp3) is 0.469. The minimum absolute atomic E-state index is 0.0980. The summed E-state index contributed by atoms with van der Waals surface area (Å²) in [5, 5.41) is 10.9. The van der Waals surface area contributed by atoms with Crippen molar-refractivity contribution in [2.24, 2.45) is 11.3 Å². The summed E-state index contributed by atoms with van der Waals surface area (Å²) < 4.78 is 1.79. The molecule has 3 amide bonds. The highest BCUT2D eigenvalue weighted by molar-refractivity contribution is 6.00. The molecule has 2 aromatic carbocycles. The summed E-state index contributed by atoms with van der Waals surface area (Å²) in [6.45, 7) is 12.1. The van der Waals surface area contributed by atoms with Gasteiger partial charge in [0, 0.05) is 35.7 Å². The van der Waals surface area contributed by atoms with Crippen LogP contribution in [0.15, 0.2) is 54.6 Å². The van der Waals surface area contributed by atoms with E-state index in [0.29, 0.717) is 17.6 Å². The van der Waals surface area contributed by atoms with Crippen LogP contribution in [0.3, 0.4) is 0 Å². The van der Waals surface area contributed by atoms with Gasteiger partial charge in [-0.1, -0.05) is 63.6 Å². The number of hydrogen-bond donors (Lipinski definition) is 2. The van der Waals surface area contributed by atoms with E-state index in [9.17, 15) is 9.59 Å². The molecule has 5 rings (SSSR count). The number of rotatable bonds is 6. The van der Waals surface area contributed by atoms with Crippen LogP contribution >= 0.6 is 0 Å². The Kier molecular flexibility index (Phi) is 7.27. The first-order valence-electron chi connectivity index (χ1n) is 14.1. The zero-order chi connectivity index (χ0) is 27.8. The lowest BCUT2D eigenvalue weighted by Gasteiger charge is -2.34. The van der Waals surface area contributed by atoms with Crippen molar-refractivity contribution in [3.05, 3.63) is 71.4 Å². The molecular formula is C32H41N5O2. The molecule has 1 saturated carbocycles. The van der Waals surface area contributed by atoms with Crippen LogP contribution in [0.4, 0.5) is 16.3 Å². The minimum atomic E-state index is -0.297. The summed E-state index contributed by atoms with van der Waals surface area (Å²) in [4.78, 5) is 28.0. The first-order chi connectivity index (χ1) is 18.5. The smallest absolute Gasteiger partial charge is 0.324 e. The number of likely N-dealkylation sites (tertiary alicyclic amines) is 1. The maximum atomic E-state index is 13.2. The third-order valence-corrected chi connectivity index (χ3v) is 8.19. The molecule has 1 aliphatic carbocycles. The topological polar surface area (TPSA) is 79.3 Å². The van der Waals surface area contributed by atoms with Crippen LogP contribution in [0.25, 0.3) is 5.69 Å². The summed E-state index contributed by atoms with van der Waals surface area (Å²) in [6.07, 6.45) is 4.92. The summed E-state index contributed by atoms with van der Waals surface area (Å²) in [6, 6.07) is 17.8. The summed E-state index contributed by atoms with van der Waals surface area (Å²) in [5.41, 5.74) is 4.64. The second-order valence-electron chi connectivity index (χ2n) is 12.6. The zero-order valence-electron chi connectivity index (χ0n) is 23.9. The number of carbonyl (C=O) groups excluding carboxylic acids is 2.